The lowest BCUT2D eigenvalue weighted by Crippen LogP contribution is -2.24. The summed E-state index contributed by atoms with van der Waals surface area (Å²) in [6.45, 7) is 3.51. The summed E-state index contributed by atoms with van der Waals surface area (Å²) >= 11 is 5.71. The number of fused-ring (bicyclic) bond motifs is 1. The van der Waals surface area contributed by atoms with Crippen molar-refractivity contribution in [1.29, 1.82) is 0 Å². The zero-order valence-corrected chi connectivity index (χ0v) is 14.2. The molecular formula is C15H21N2O2PS. The first-order valence-electron chi connectivity index (χ1n) is 7.39. The molecule has 1 aromatic carbocycles. The van der Waals surface area contributed by atoms with Gasteiger partial charge in [0.2, 0.25) is 0 Å². The molecule has 21 heavy (non-hydrogen) atoms. The Bertz CT molecular complexity index is 597. The van der Waals surface area contributed by atoms with E-state index in [4.69, 9.17) is 26.1 Å². The number of aliphatic imine (C=N–C) groups is 1. The van der Waals surface area contributed by atoms with E-state index in [2.05, 4.69) is 35.9 Å². The summed E-state index contributed by atoms with van der Waals surface area (Å²) in [5.41, 5.74) is 2.72. The van der Waals surface area contributed by atoms with Crippen molar-refractivity contribution in [3.8, 4) is 0 Å². The highest BCUT2D eigenvalue weighted by atomic mass is 32.4. The van der Waals surface area contributed by atoms with Gasteiger partial charge in [-0.15, -0.1) is 0 Å². The Morgan fingerprint density at radius 2 is 2.29 bits per heavy atom. The van der Waals surface area contributed by atoms with Gasteiger partial charge in [0.15, 0.2) is 6.42 Å². The fourth-order valence-electron chi connectivity index (χ4n) is 2.98. The third kappa shape index (κ3) is 2.75. The zero-order valence-electron chi connectivity index (χ0n) is 12.5. The largest absolute Gasteiger partial charge is 0.463 e. The Balaban J connectivity index is 1.88. The minimum absolute atomic E-state index is 0.189. The summed E-state index contributed by atoms with van der Waals surface area (Å²) < 4.78 is 13.5. The summed E-state index contributed by atoms with van der Waals surface area (Å²) in [4.78, 5) is 4.86. The summed E-state index contributed by atoms with van der Waals surface area (Å²) in [5, 5.41) is 0. The van der Waals surface area contributed by atoms with E-state index in [0.29, 0.717) is 12.6 Å². The molecule has 0 aromatic heterocycles. The lowest BCUT2D eigenvalue weighted by Gasteiger charge is -2.29. The molecule has 0 N–H and O–H groups in total. The molecule has 1 aliphatic carbocycles. The number of aryl methyl sites for hydroxylation is 1. The highest BCUT2D eigenvalue weighted by molar-refractivity contribution is 8.11. The molecule has 2 aliphatic rings. The predicted molar refractivity (Wildman–Crippen MR) is 89.4 cm³/mol. The van der Waals surface area contributed by atoms with Crippen molar-refractivity contribution in [2.75, 3.05) is 26.4 Å². The Labute approximate surface area is 131 Å². The van der Waals surface area contributed by atoms with E-state index < -0.39 is 6.42 Å². The number of benzene rings is 1. The number of hydrogen-bond donors (Lipinski definition) is 0. The van der Waals surface area contributed by atoms with Crippen LogP contribution in [0.5, 0.6) is 0 Å². The molecule has 1 aliphatic heterocycles. The number of nitrogens with zero attached hydrogens (tertiary/aromatic N) is 2. The monoisotopic (exact) mass is 324 g/mol. The predicted octanol–water partition coefficient (Wildman–Crippen LogP) is 3.34. The van der Waals surface area contributed by atoms with Gasteiger partial charge in [0.05, 0.1) is 12.6 Å². The molecule has 0 amide bonds. The van der Waals surface area contributed by atoms with Crippen LogP contribution in [0, 0.1) is 0 Å². The van der Waals surface area contributed by atoms with E-state index >= 15 is 0 Å². The molecule has 0 saturated carbocycles. The minimum atomic E-state index is -2.02. The topological polar surface area (TPSA) is 34.1 Å². The fourth-order valence-corrected chi connectivity index (χ4v) is 4.99. The molecule has 1 aromatic rings. The van der Waals surface area contributed by atoms with Gasteiger partial charge < -0.3 is 9.26 Å². The average Bonchev–Trinajstić information content (AvgIpc) is 3.15. The third-order valence-electron chi connectivity index (χ3n) is 4.18. The summed E-state index contributed by atoms with van der Waals surface area (Å²) in [6.07, 6.45) is 0.937. The van der Waals surface area contributed by atoms with Gasteiger partial charge in [0, 0.05) is 13.3 Å². The molecule has 1 saturated heterocycles. The number of ether oxygens (including phenoxy) is 1. The van der Waals surface area contributed by atoms with E-state index in [9.17, 15) is 0 Å². The Kier molecular flexibility index (Phi) is 4.34. The second kappa shape index (κ2) is 6.07. The van der Waals surface area contributed by atoms with Gasteiger partial charge in [-0.1, -0.05) is 31.2 Å². The van der Waals surface area contributed by atoms with Crippen LogP contribution in [-0.2, 0) is 27.5 Å². The van der Waals surface area contributed by atoms with Crippen LogP contribution in [0.2, 0.25) is 0 Å². The Morgan fingerprint density at radius 1 is 1.48 bits per heavy atom. The number of amidine groups is 1. The number of rotatable bonds is 4. The van der Waals surface area contributed by atoms with Gasteiger partial charge in [-0.05, 0) is 35.8 Å². The Hall–Kier alpha value is -0.900. The molecule has 1 heterocycles. The molecule has 114 valence electrons. The van der Waals surface area contributed by atoms with Gasteiger partial charge in [-0.3, -0.25) is 4.67 Å². The van der Waals surface area contributed by atoms with E-state index in [-0.39, 0.29) is 6.04 Å². The SMILES string of the molecule is CCP(=S)(OC)N1CCO/C1=N\[C@H]1CCc2ccccc21. The van der Waals surface area contributed by atoms with Crippen molar-refractivity contribution in [1.82, 2.24) is 4.67 Å². The lowest BCUT2D eigenvalue weighted by atomic mass is 10.1. The van der Waals surface area contributed by atoms with Crippen LogP contribution in [0.3, 0.4) is 0 Å². The van der Waals surface area contributed by atoms with Crippen molar-refractivity contribution in [2.45, 2.75) is 25.8 Å². The van der Waals surface area contributed by atoms with Crippen LogP contribution in [0.15, 0.2) is 29.3 Å². The fraction of sp³-hybridized carbons (Fsp3) is 0.533. The second-order valence-electron chi connectivity index (χ2n) is 5.27. The molecule has 6 heteroatoms. The first kappa shape index (κ1) is 15.0. The normalized spacial score (nSPS) is 25.7. The van der Waals surface area contributed by atoms with Crippen molar-refractivity contribution in [2.24, 2.45) is 4.99 Å². The van der Waals surface area contributed by atoms with E-state index in [1.807, 2.05) is 0 Å². The maximum atomic E-state index is 5.75. The standard InChI is InChI=1S/C15H21N2O2PS/c1-3-20(21,18-2)17-10-11-19-15(17)16-14-9-8-12-6-4-5-7-13(12)14/h4-7,14H,3,8-11H2,1-2H3/b16-15-/t14-,20?/m0/s1. The van der Waals surface area contributed by atoms with Gasteiger partial charge >= 0.3 is 0 Å². The first-order chi connectivity index (χ1) is 10.2. The van der Waals surface area contributed by atoms with Crippen molar-refractivity contribution in [3.63, 3.8) is 0 Å². The zero-order chi connectivity index (χ0) is 14.9. The van der Waals surface area contributed by atoms with Gasteiger partial charge in [-0.25, -0.2) is 4.99 Å². The maximum absolute atomic E-state index is 5.75. The van der Waals surface area contributed by atoms with Crippen LogP contribution in [0.25, 0.3) is 0 Å². The van der Waals surface area contributed by atoms with Crippen LogP contribution >= 0.6 is 6.42 Å². The molecule has 1 unspecified atom stereocenters. The molecule has 0 bridgehead atoms. The molecule has 0 radical (unpaired) electrons. The van der Waals surface area contributed by atoms with Gasteiger partial charge in [0.25, 0.3) is 6.02 Å². The van der Waals surface area contributed by atoms with Crippen molar-refractivity contribution >= 4 is 24.2 Å². The second-order valence-corrected chi connectivity index (χ2v) is 9.74. The van der Waals surface area contributed by atoms with Crippen molar-refractivity contribution < 1.29 is 9.26 Å². The third-order valence-corrected chi connectivity index (χ3v) is 8.47. The Morgan fingerprint density at radius 3 is 3.05 bits per heavy atom. The minimum Gasteiger partial charge on any atom is -0.463 e. The molecule has 3 rings (SSSR count). The summed E-state index contributed by atoms with van der Waals surface area (Å²) in [6, 6.07) is 9.40. The maximum Gasteiger partial charge on any atom is 0.293 e. The van der Waals surface area contributed by atoms with Crippen LogP contribution in [0.4, 0.5) is 0 Å². The lowest BCUT2D eigenvalue weighted by molar-refractivity contribution is 0.348. The van der Waals surface area contributed by atoms with Crippen molar-refractivity contribution in [3.05, 3.63) is 35.4 Å². The van der Waals surface area contributed by atoms with Crippen LogP contribution in [0.1, 0.15) is 30.5 Å². The first-order valence-corrected chi connectivity index (χ1v) is 10.2. The molecule has 2 atom stereocenters. The van der Waals surface area contributed by atoms with Gasteiger partial charge in [0.1, 0.15) is 6.61 Å². The van der Waals surface area contributed by atoms with Crippen LogP contribution < -0.4 is 0 Å². The molecular weight excluding hydrogens is 303 g/mol. The summed E-state index contributed by atoms with van der Waals surface area (Å²) in [7, 11) is 1.70. The van der Waals surface area contributed by atoms with E-state index in [1.165, 1.54) is 11.1 Å². The van der Waals surface area contributed by atoms with Crippen LogP contribution in [-0.4, -0.2) is 37.1 Å². The molecule has 0 spiro atoms. The van der Waals surface area contributed by atoms with E-state index in [1.54, 1.807) is 7.11 Å². The molecule has 4 nitrogen and oxygen atoms in total. The molecule has 1 fully saturated rings. The van der Waals surface area contributed by atoms with Gasteiger partial charge in [-0.2, -0.15) is 0 Å². The highest BCUT2D eigenvalue weighted by Crippen LogP contribution is 2.51. The number of hydrogen-bond acceptors (Lipinski definition) is 4. The smallest absolute Gasteiger partial charge is 0.293 e. The summed E-state index contributed by atoms with van der Waals surface area (Å²) in [5.74, 6) is 0. The highest BCUT2D eigenvalue weighted by Gasteiger charge is 2.34. The quantitative estimate of drug-likeness (QED) is 0.796. The average molecular weight is 324 g/mol. The van der Waals surface area contributed by atoms with E-state index in [0.717, 1.165) is 25.5 Å².